The van der Waals surface area contributed by atoms with E-state index >= 15 is 0 Å². The summed E-state index contributed by atoms with van der Waals surface area (Å²) in [6.07, 6.45) is 4.18. The molecule has 0 aliphatic heterocycles. The Hall–Kier alpha value is -3.13. The number of aryl methyl sites for hydroxylation is 1. The van der Waals surface area contributed by atoms with Crippen molar-refractivity contribution in [1.82, 2.24) is 0 Å². The molecule has 2 heteroatoms. The summed E-state index contributed by atoms with van der Waals surface area (Å²) in [4.78, 5) is 4.54. The predicted octanol–water partition coefficient (Wildman–Crippen LogP) is 5.20. The SMILES string of the molecule is Cc1ccc(/C(N)=N/c2ccccc2)c(/C=C/c2ccccc2)c1. The number of rotatable bonds is 4. The molecule has 3 rings (SSSR count). The van der Waals surface area contributed by atoms with E-state index in [1.165, 1.54) is 5.56 Å². The van der Waals surface area contributed by atoms with Crippen molar-refractivity contribution < 1.29 is 0 Å². The second kappa shape index (κ2) is 7.42. The van der Waals surface area contributed by atoms with Gasteiger partial charge in [0.15, 0.2) is 0 Å². The summed E-state index contributed by atoms with van der Waals surface area (Å²) in [7, 11) is 0. The molecule has 0 aliphatic rings. The average Bonchev–Trinajstić information content (AvgIpc) is 2.61. The van der Waals surface area contributed by atoms with Crippen LogP contribution in [0.3, 0.4) is 0 Å². The van der Waals surface area contributed by atoms with E-state index in [2.05, 4.69) is 48.3 Å². The lowest BCUT2D eigenvalue weighted by molar-refractivity contribution is 1.41. The Labute approximate surface area is 143 Å². The molecule has 24 heavy (non-hydrogen) atoms. The van der Waals surface area contributed by atoms with E-state index in [9.17, 15) is 0 Å². The summed E-state index contributed by atoms with van der Waals surface area (Å²) in [6, 6.07) is 26.2. The Morgan fingerprint density at radius 3 is 2.21 bits per heavy atom. The van der Waals surface area contributed by atoms with Crippen LogP contribution in [0.5, 0.6) is 0 Å². The molecule has 3 aromatic carbocycles. The van der Waals surface area contributed by atoms with Gasteiger partial charge in [-0.3, -0.25) is 0 Å². The summed E-state index contributed by atoms with van der Waals surface area (Å²) in [5.41, 5.74) is 11.5. The standard InChI is InChI=1S/C22H20N2/c1-17-12-15-21(22(23)24-20-10-6-3-7-11-20)19(16-17)14-13-18-8-4-2-5-9-18/h2-16H,1H3,(H2,23,24)/b14-13+. The summed E-state index contributed by atoms with van der Waals surface area (Å²) in [5.74, 6) is 0.522. The molecular formula is C22H20N2. The van der Waals surface area contributed by atoms with Gasteiger partial charge in [0.1, 0.15) is 5.84 Å². The second-order valence-electron chi connectivity index (χ2n) is 5.67. The van der Waals surface area contributed by atoms with Crippen molar-refractivity contribution in [2.24, 2.45) is 10.7 Å². The summed E-state index contributed by atoms with van der Waals surface area (Å²) < 4.78 is 0. The summed E-state index contributed by atoms with van der Waals surface area (Å²) in [5, 5.41) is 0. The van der Waals surface area contributed by atoms with Crippen LogP contribution in [0.4, 0.5) is 5.69 Å². The number of para-hydroxylation sites is 1. The molecule has 2 N–H and O–H groups in total. The number of amidine groups is 1. The fraction of sp³-hybridized carbons (Fsp3) is 0.0455. The summed E-state index contributed by atoms with van der Waals surface area (Å²) in [6.45, 7) is 2.08. The van der Waals surface area contributed by atoms with Gasteiger partial charge in [-0.1, -0.05) is 84.4 Å². The molecule has 0 radical (unpaired) electrons. The first-order chi connectivity index (χ1) is 11.7. The third kappa shape index (κ3) is 3.99. The van der Waals surface area contributed by atoms with Crippen molar-refractivity contribution in [3.8, 4) is 0 Å². The Morgan fingerprint density at radius 1 is 0.833 bits per heavy atom. The van der Waals surface area contributed by atoms with E-state index in [1.807, 2.05) is 54.6 Å². The number of nitrogens with two attached hydrogens (primary N) is 1. The number of nitrogens with zero attached hydrogens (tertiary/aromatic N) is 1. The monoisotopic (exact) mass is 312 g/mol. The third-order valence-corrected chi connectivity index (χ3v) is 3.74. The molecular weight excluding hydrogens is 292 g/mol. The van der Waals surface area contributed by atoms with Gasteiger partial charge in [0.2, 0.25) is 0 Å². The number of benzene rings is 3. The second-order valence-corrected chi connectivity index (χ2v) is 5.67. The van der Waals surface area contributed by atoms with E-state index in [0.717, 1.165) is 22.4 Å². The molecule has 2 nitrogen and oxygen atoms in total. The van der Waals surface area contributed by atoms with Crippen LogP contribution in [0.1, 0.15) is 22.3 Å². The van der Waals surface area contributed by atoms with Gasteiger partial charge in [0.25, 0.3) is 0 Å². The first-order valence-electron chi connectivity index (χ1n) is 7.96. The molecule has 0 aliphatic carbocycles. The van der Waals surface area contributed by atoms with Gasteiger partial charge in [-0.25, -0.2) is 4.99 Å². The fourth-order valence-electron chi connectivity index (χ4n) is 2.51. The zero-order valence-electron chi connectivity index (χ0n) is 13.7. The molecule has 0 saturated carbocycles. The number of hydrogen-bond acceptors (Lipinski definition) is 1. The smallest absolute Gasteiger partial charge is 0.131 e. The van der Waals surface area contributed by atoms with Crippen molar-refractivity contribution in [2.75, 3.05) is 0 Å². The van der Waals surface area contributed by atoms with Crippen LogP contribution in [-0.2, 0) is 0 Å². The molecule has 0 bridgehead atoms. The normalized spacial score (nSPS) is 11.8. The van der Waals surface area contributed by atoms with Crippen LogP contribution < -0.4 is 5.73 Å². The molecule has 0 saturated heterocycles. The molecule has 0 heterocycles. The van der Waals surface area contributed by atoms with Gasteiger partial charge in [-0.2, -0.15) is 0 Å². The lowest BCUT2D eigenvalue weighted by Crippen LogP contribution is -2.14. The highest BCUT2D eigenvalue weighted by Gasteiger charge is 2.05. The van der Waals surface area contributed by atoms with Gasteiger partial charge < -0.3 is 5.73 Å². The van der Waals surface area contributed by atoms with E-state index in [-0.39, 0.29) is 0 Å². The lowest BCUT2D eigenvalue weighted by Gasteiger charge is -2.07. The van der Waals surface area contributed by atoms with E-state index in [4.69, 9.17) is 5.73 Å². The maximum atomic E-state index is 6.26. The molecule has 0 fully saturated rings. The fourth-order valence-corrected chi connectivity index (χ4v) is 2.51. The van der Waals surface area contributed by atoms with Crippen LogP contribution >= 0.6 is 0 Å². The van der Waals surface area contributed by atoms with E-state index in [1.54, 1.807) is 0 Å². The van der Waals surface area contributed by atoms with Crippen molar-refractivity contribution in [3.63, 3.8) is 0 Å². The molecule has 118 valence electrons. The van der Waals surface area contributed by atoms with Crippen LogP contribution in [0, 0.1) is 6.92 Å². The Kier molecular flexibility index (Phi) is 4.87. The molecule has 0 aromatic heterocycles. The van der Waals surface area contributed by atoms with Crippen molar-refractivity contribution >= 4 is 23.7 Å². The lowest BCUT2D eigenvalue weighted by atomic mass is 10.0. The minimum absolute atomic E-state index is 0.522. The maximum absolute atomic E-state index is 6.26. The predicted molar refractivity (Wildman–Crippen MR) is 103 cm³/mol. The van der Waals surface area contributed by atoms with Gasteiger partial charge in [0, 0.05) is 5.56 Å². The quantitative estimate of drug-likeness (QED) is 0.401. The van der Waals surface area contributed by atoms with Crippen molar-refractivity contribution in [3.05, 3.63) is 101 Å². The molecule has 0 spiro atoms. The zero-order valence-corrected chi connectivity index (χ0v) is 13.7. The highest BCUT2D eigenvalue weighted by molar-refractivity contribution is 6.02. The largest absolute Gasteiger partial charge is 0.383 e. The van der Waals surface area contributed by atoms with E-state index in [0.29, 0.717) is 5.84 Å². The van der Waals surface area contributed by atoms with Gasteiger partial charge in [0.05, 0.1) is 5.69 Å². The van der Waals surface area contributed by atoms with Gasteiger partial charge >= 0.3 is 0 Å². The topological polar surface area (TPSA) is 38.4 Å². The van der Waals surface area contributed by atoms with Crippen molar-refractivity contribution in [1.29, 1.82) is 0 Å². The van der Waals surface area contributed by atoms with Gasteiger partial charge in [-0.15, -0.1) is 0 Å². The summed E-state index contributed by atoms with van der Waals surface area (Å²) >= 11 is 0. The third-order valence-electron chi connectivity index (χ3n) is 3.74. The molecule has 0 amide bonds. The Balaban J connectivity index is 1.97. The highest BCUT2D eigenvalue weighted by Crippen LogP contribution is 2.18. The first-order valence-corrected chi connectivity index (χ1v) is 7.96. The average molecular weight is 312 g/mol. The first kappa shape index (κ1) is 15.8. The van der Waals surface area contributed by atoms with E-state index < -0.39 is 0 Å². The number of hydrogen-bond donors (Lipinski definition) is 1. The van der Waals surface area contributed by atoms with Crippen LogP contribution in [0.25, 0.3) is 12.2 Å². The highest BCUT2D eigenvalue weighted by atomic mass is 14.9. The van der Waals surface area contributed by atoms with Gasteiger partial charge in [-0.05, 0) is 30.2 Å². The Morgan fingerprint density at radius 2 is 1.50 bits per heavy atom. The van der Waals surface area contributed by atoms with Crippen LogP contribution in [0.2, 0.25) is 0 Å². The molecule has 0 atom stereocenters. The van der Waals surface area contributed by atoms with Crippen molar-refractivity contribution in [2.45, 2.75) is 6.92 Å². The Bertz CT molecular complexity index is 863. The maximum Gasteiger partial charge on any atom is 0.131 e. The minimum atomic E-state index is 0.522. The zero-order chi connectivity index (χ0) is 16.8. The van der Waals surface area contributed by atoms with Crippen LogP contribution in [-0.4, -0.2) is 5.84 Å². The molecule has 3 aromatic rings. The molecule has 0 unspecified atom stereocenters. The minimum Gasteiger partial charge on any atom is -0.383 e. The number of aliphatic imine (C=N–C) groups is 1. The van der Waals surface area contributed by atoms with Crippen LogP contribution in [0.15, 0.2) is 83.9 Å².